The van der Waals surface area contributed by atoms with Gasteiger partial charge in [0, 0.05) is 17.2 Å². The molecule has 0 atom stereocenters. The van der Waals surface area contributed by atoms with Crippen molar-refractivity contribution < 1.29 is 24.0 Å². The molecule has 0 aromatic heterocycles. The fourth-order valence-corrected chi connectivity index (χ4v) is 5.08. The summed E-state index contributed by atoms with van der Waals surface area (Å²) in [6, 6.07) is 13.1. The first kappa shape index (κ1) is 26.5. The number of hydrogen-bond donors (Lipinski definition) is 1. The summed E-state index contributed by atoms with van der Waals surface area (Å²) in [7, 11) is 0. The van der Waals surface area contributed by atoms with Gasteiger partial charge in [0.2, 0.25) is 0 Å². The number of imide groups is 2. The second-order valence-corrected chi connectivity index (χ2v) is 10.0. The smallest absolute Gasteiger partial charge is 0.335 e. The number of ether oxygens (including phenoxy) is 1. The largest absolute Gasteiger partial charge is 0.487 e. The molecular formula is C25H16Br2ClN3O6. The fourth-order valence-electron chi connectivity index (χ4n) is 3.45. The first-order valence-corrected chi connectivity index (χ1v) is 12.5. The van der Waals surface area contributed by atoms with E-state index in [2.05, 4.69) is 37.2 Å². The lowest BCUT2D eigenvalue weighted by molar-refractivity contribution is -0.384. The van der Waals surface area contributed by atoms with Gasteiger partial charge in [0.1, 0.15) is 17.9 Å². The van der Waals surface area contributed by atoms with Crippen LogP contribution in [0.3, 0.4) is 0 Å². The highest BCUT2D eigenvalue weighted by Gasteiger charge is 2.37. The van der Waals surface area contributed by atoms with Crippen LogP contribution in [0.25, 0.3) is 6.08 Å². The topological polar surface area (TPSA) is 119 Å². The monoisotopic (exact) mass is 647 g/mol. The van der Waals surface area contributed by atoms with Crippen molar-refractivity contribution in [3.8, 4) is 5.75 Å². The molecular weight excluding hydrogens is 634 g/mol. The van der Waals surface area contributed by atoms with E-state index in [-0.39, 0.29) is 23.6 Å². The van der Waals surface area contributed by atoms with Crippen molar-refractivity contribution in [2.75, 3.05) is 4.90 Å². The maximum Gasteiger partial charge on any atom is 0.335 e. The standard InChI is InChI=1S/C25H16Br2ClN3O6/c1-13-2-5-17(11-21(13)28)30-24(33)18(23(32)29-25(30)34)8-15-9-19(26)22(20(27)10-15)37-12-14-3-6-16(7-4-14)31(35)36/h2-11H,12H2,1H3,(H,29,32,34)/b18-8-. The van der Waals surface area contributed by atoms with Gasteiger partial charge >= 0.3 is 6.03 Å². The van der Waals surface area contributed by atoms with Gasteiger partial charge in [-0.3, -0.25) is 25.0 Å². The molecule has 0 saturated carbocycles. The van der Waals surface area contributed by atoms with Crippen molar-refractivity contribution in [1.82, 2.24) is 5.32 Å². The van der Waals surface area contributed by atoms with Crippen LogP contribution >= 0.6 is 43.5 Å². The Kier molecular flexibility index (Phi) is 7.76. The Bertz CT molecular complexity index is 1470. The molecule has 1 aliphatic rings. The van der Waals surface area contributed by atoms with E-state index in [4.69, 9.17) is 16.3 Å². The molecule has 0 bridgehead atoms. The predicted molar refractivity (Wildman–Crippen MR) is 144 cm³/mol. The van der Waals surface area contributed by atoms with Crippen molar-refractivity contribution >= 4 is 78.8 Å². The maximum atomic E-state index is 13.2. The van der Waals surface area contributed by atoms with Crippen LogP contribution in [-0.4, -0.2) is 22.8 Å². The Balaban J connectivity index is 1.58. The van der Waals surface area contributed by atoms with E-state index >= 15 is 0 Å². The zero-order valence-corrected chi connectivity index (χ0v) is 22.9. The molecule has 4 amide bonds. The average Bonchev–Trinajstić information content (AvgIpc) is 2.83. The quantitative estimate of drug-likeness (QED) is 0.144. The Hall–Kier alpha value is -3.54. The summed E-state index contributed by atoms with van der Waals surface area (Å²) in [5, 5.41) is 13.4. The molecule has 0 spiro atoms. The molecule has 1 fully saturated rings. The third kappa shape index (κ3) is 5.74. The van der Waals surface area contributed by atoms with Gasteiger partial charge in [0.05, 0.1) is 19.6 Å². The number of non-ortho nitro benzene ring substituents is 1. The van der Waals surface area contributed by atoms with Crippen LogP contribution < -0.4 is 15.0 Å². The van der Waals surface area contributed by atoms with Gasteiger partial charge in [-0.2, -0.15) is 0 Å². The van der Waals surface area contributed by atoms with Crippen LogP contribution in [0.4, 0.5) is 16.2 Å². The number of halogens is 3. The number of anilines is 1. The Labute approximate surface area is 232 Å². The number of rotatable bonds is 6. The van der Waals surface area contributed by atoms with Gasteiger partial charge in [0.15, 0.2) is 0 Å². The molecule has 4 rings (SSSR count). The van der Waals surface area contributed by atoms with Crippen LogP contribution in [0.15, 0.2) is 69.1 Å². The zero-order valence-electron chi connectivity index (χ0n) is 19.0. The minimum Gasteiger partial charge on any atom is -0.487 e. The van der Waals surface area contributed by atoms with Gasteiger partial charge in [-0.05, 0) is 97.9 Å². The lowest BCUT2D eigenvalue weighted by Crippen LogP contribution is -2.54. The van der Waals surface area contributed by atoms with Crippen molar-refractivity contribution in [3.05, 3.63) is 101 Å². The molecule has 9 nitrogen and oxygen atoms in total. The average molecular weight is 650 g/mol. The third-order valence-corrected chi connectivity index (χ3v) is 6.96. The molecule has 1 heterocycles. The molecule has 0 radical (unpaired) electrons. The maximum absolute atomic E-state index is 13.2. The number of nitrogens with zero attached hydrogens (tertiary/aromatic N) is 2. The molecule has 12 heteroatoms. The zero-order chi connectivity index (χ0) is 26.9. The lowest BCUT2D eigenvalue weighted by atomic mass is 10.1. The first-order chi connectivity index (χ1) is 17.5. The number of amides is 4. The van der Waals surface area contributed by atoms with Crippen molar-refractivity contribution in [3.63, 3.8) is 0 Å². The highest BCUT2D eigenvalue weighted by atomic mass is 79.9. The number of carbonyl (C=O) groups is 3. The molecule has 0 unspecified atom stereocenters. The molecule has 3 aromatic carbocycles. The first-order valence-electron chi connectivity index (χ1n) is 10.6. The summed E-state index contributed by atoms with van der Waals surface area (Å²) < 4.78 is 6.91. The van der Waals surface area contributed by atoms with Gasteiger partial charge in [-0.25, -0.2) is 9.69 Å². The van der Waals surface area contributed by atoms with Crippen LogP contribution in [0.5, 0.6) is 5.75 Å². The number of nitrogens with one attached hydrogen (secondary N) is 1. The van der Waals surface area contributed by atoms with E-state index in [1.165, 1.54) is 24.3 Å². The highest BCUT2D eigenvalue weighted by Crippen LogP contribution is 2.36. The van der Waals surface area contributed by atoms with Crippen LogP contribution in [0.1, 0.15) is 16.7 Å². The third-order valence-electron chi connectivity index (χ3n) is 5.38. The second kappa shape index (κ2) is 10.8. The van der Waals surface area contributed by atoms with Gasteiger partial charge < -0.3 is 4.74 Å². The number of urea groups is 1. The van der Waals surface area contributed by atoms with E-state index in [9.17, 15) is 24.5 Å². The van der Waals surface area contributed by atoms with Gasteiger partial charge in [-0.1, -0.05) is 17.7 Å². The van der Waals surface area contributed by atoms with Crippen molar-refractivity contribution in [1.29, 1.82) is 0 Å². The van der Waals surface area contributed by atoms with Crippen molar-refractivity contribution in [2.24, 2.45) is 0 Å². The minimum absolute atomic E-state index is 0.0180. The second-order valence-electron chi connectivity index (χ2n) is 7.92. The predicted octanol–water partition coefficient (Wildman–Crippen LogP) is 6.33. The summed E-state index contributed by atoms with van der Waals surface area (Å²) in [6.07, 6.45) is 1.36. The van der Waals surface area contributed by atoms with Crippen molar-refractivity contribution in [2.45, 2.75) is 13.5 Å². The summed E-state index contributed by atoms with van der Waals surface area (Å²) in [6.45, 7) is 1.93. The molecule has 1 N–H and O–H groups in total. The number of barbiturate groups is 1. The SMILES string of the molecule is Cc1ccc(N2C(=O)NC(=O)/C(=C/c3cc(Br)c(OCc4ccc([N+](=O)[O-])cc4)c(Br)c3)C2=O)cc1Cl. The number of benzene rings is 3. The summed E-state index contributed by atoms with van der Waals surface area (Å²) in [5.74, 6) is -1.17. The molecule has 3 aromatic rings. The van der Waals surface area contributed by atoms with Gasteiger partial charge in [-0.15, -0.1) is 0 Å². The van der Waals surface area contributed by atoms with Crippen LogP contribution in [0, 0.1) is 17.0 Å². The number of hydrogen-bond acceptors (Lipinski definition) is 6. The van der Waals surface area contributed by atoms with E-state index in [0.717, 1.165) is 16.0 Å². The number of nitro benzene ring substituents is 1. The van der Waals surface area contributed by atoms with E-state index in [0.29, 0.717) is 25.3 Å². The molecule has 37 heavy (non-hydrogen) atoms. The van der Waals surface area contributed by atoms with Gasteiger partial charge in [0.25, 0.3) is 17.5 Å². The number of aryl methyl sites for hydroxylation is 1. The van der Waals surface area contributed by atoms with Crippen LogP contribution in [0.2, 0.25) is 5.02 Å². The van der Waals surface area contributed by atoms with E-state index in [1.54, 1.807) is 43.3 Å². The number of carbonyl (C=O) groups excluding carboxylic acids is 3. The molecule has 1 saturated heterocycles. The molecule has 0 aliphatic carbocycles. The minimum atomic E-state index is -0.871. The Morgan fingerprint density at radius 1 is 1.05 bits per heavy atom. The van der Waals surface area contributed by atoms with Crippen LogP contribution in [-0.2, 0) is 16.2 Å². The summed E-state index contributed by atoms with van der Waals surface area (Å²) in [5.41, 5.74) is 1.95. The Morgan fingerprint density at radius 3 is 2.30 bits per heavy atom. The van der Waals surface area contributed by atoms with E-state index < -0.39 is 22.8 Å². The molecule has 188 valence electrons. The summed E-state index contributed by atoms with van der Waals surface area (Å²) >= 11 is 13.0. The fraction of sp³-hybridized carbons (Fsp3) is 0.0800. The van der Waals surface area contributed by atoms with E-state index in [1.807, 2.05) is 0 Å². The molecule has 1 aliphatic heterocycles. The summed E-state index contributed by atoms with van der Waals surface area (Å²) in [4.78, 5) is 49.3. The Morgan fingerprint density at radius 2 is 1.70 bits per heavy atom. The number of nitro groups is 1. The lowest BCUT2D eigenvalue weighted by Gasteiger charge is -2.26. The highest BCUT2D eigenvalue weighted by molar-refractivity contribution is 9.11. The normalized spacial score (nSPS) is 14.6.